The minimum absolute atomic E-state index is 0.281. The van der Waals surface area contributed by atoms with E-state index in [1.165, 1.54) is 15.4 Å². The molecule has 156 valence electrons. The molecule has 0 unspecified atom stereocenters. The molecule has 0 atom stereocenters. The van der Waals surface area contributed by atoms with E-state index in [0.29, 0.717) is 30.0 Å². The van der Waals surface area contributed by atoms with Gasteiger partial charge < -0.3 is 5.32 Å². The van der Waals surface area contributed by atoms with Crippen LogP contribution >= 0.6 is 0 Å². The van der Waals surface area contributed by atoms with Crippen molar-refractivity contribution in [1.29, 1.82) is 0 Å². The first kappa shape index (κ1) is 19.0. The zero-order valence-electron chi connectivity index (χ0n) is 16.5. The van der Waals surface area contributed by atoms with Crippen molar-refractivity contribution in [1.82, 2.24) is 30.0 Å². The van der Waals surface area contributed by atoms with E-state index in [0.717, 1.165) is 35.4 Å². The molecule has 2 aromatic heterocycles. The molecule has 4 aromatic rings. The van der Waals surface area contributed by atoms with Gasteiger partial charge in [-0.05, 0) is 54.0 Å². The van der Waals surface area contributed by atoms with Crippen LogP contribution in [-0.2, 0) is 19.9 Å². The van der Waals surface area contributed by atoms with Gasteiger partial charge in [-0.1, -0.05) is 12.1 Å². The third kappa shape index (κ3) is 3.35. The molecule has 0 saturated carbocycles. The van der Waals surface area contributed by atoms with E-state index in [9.17, 15) is 13.6 Å². The molecule has 1 amide bonds. The monoisotopic (exact) mass is 421 g/mol. The molecule has 5 rings (SSSR count). The maximum absolute atomic E-state index is 13.7. The van der Waals surface area contributed by atoms with Gasteiger partial charge >= 0.3 is 0 Å². The summed E-state index contributed by atoms with van der Waals surface area (Å²) >= 11 is 0. The van der Waals surface area contributed by atoms with E-state index in [1.54, 1.807) is 25.2 Å². The van der Waals surface area contributed by atoms with Gasteiger partial charge in [-0.25, -0.2) is 18.1 Å². The van der Waals surface area contributed by atoms with E-state index < -0.39 is 11.6 Å². The SMILES string of the molecule is Cn1nnnc1-c1cccc(NC(=O)c2nn(-c3ccc(F)c(F)c3)c3c2CCC3)c1. The number of amides is 1. The van der Waals surface area contributed by atoms with Crippen molar-refractivity contribution < 1.29 is 13.6 Å². The quantitative estimate of drug-likeness (QED) is 0.547. The summed E-state index contributed by atoms with van der Waals surface area (Å²) in [6.07, 6.45) is 2.28. The average Bonchev–Trinajstić information content (AvgIpc) is 3.47. The lowest BCUT2D eigenvalue weighted by atomic mass is 10.1. The summed E-state index contributed by atoms with van der Waals surface area (Å²) in [5.41, 5.74) is 3.66. The molecule has 0 aliphatic heterocycles. The Kier molecular flexibility index (Phi) is 4.54. The van der Waals surface area contributed by atoms with Crippen LogP contribution in [0.5, 0.6) is 0 Å². The Balaban J connectivity index is 1.47. The Morgan fingerprint density at radius 2 is 1.97 bits per heavy atom. The van der Waals surface area contributed by atoms with E-state index in [4.69, 9.17) is 0 Å². The number of carbonyl (C=O) groups is 1. The molecule has 10 heteroatoms. The van der Waals surface area contributed by atoms with E-state index in [2.05, 4.69) is 25.9 Å². The van der Waals surface area contributed by atoms with Crippen LogP contribution in [0.1, 0.15) is 28.2 Å². The first-order valence-corrected chi connectivity index (χ1v) is 9.71. The third-order valence-corrected chi connectivity index (χ3v) is 5.29. The Bertz CT molecular complexity index is 1310. The summed E-state index contributed by atoms with van der Waals surface area (Å²) < 4.78 is 30.2. The van der Waals surface area contributed by atoms with Crippen molar-refractivity contribution in [2.24, 2.45) is 7.05 Å². The first-order valence-electron chi connectivity index (χ1n) is 9.71. The fraction of sp³-hybridized carbons (Fsp3) is 0.190. The number of hydrogen-bond acceptors (Lipinski definition) is 5. The molecule has 8 nitrogen and oxygen atoms in total. The number of tetrazole rings is 1. The number of anilines is 1. The third-order valence-electron chi connectivity index (χ3n) is 5.29. The lowest BCUT2D eigenvalue weighted by Gasteiger charge is -2.07. The summed E-state index contributed by atoms with van der Waals surface area (Å²) in [6.45, 7) is 0. The Morgan fingerprint density at radius 1 is 1.10 bits per heavy atom. The molecule has 0 radical (unpaired) electrons. The highest BCUT2D eigenvalue weighted by atomic mass is 19.2. The molecule has 2 aromatic carbocycles. The molecule has 2 heterocycles. The molecule has 0 bridgehead atoms. The molecule has 1 aliphatic rings. The Morgan fingerprint density at radius 3 is 2.74 bits per heavy atom. The van der Waals surface area contributed by atoms with Gasteiger partial charge in [0, 0.05) is 35.6 Å². The van der Waals surface area contributed by atoms with Crippen molar-refractivity contribution >= 4 is 11.6 Å². The lowest BCUT2D eigenvalue weighted by molar-refractivity contribution is 0.102. The number of halogens is 2. The molecule has 0 saturated heterocycles. The average molecular weight is 421 g/mol. The van der Waals surface area contributed by atoms with Crippen LogP contribution in [0.15, 0.2) is 42.5 Å². The number of carbonyl (C=O) groups excluding carboxylic acids is 1. The number of aryl methyl sites for hydroxylation is 1. The van der Waals surface area contributed by atoms with Crippen molar-refractivity contribution in [3.05, 3.63) is 71.1 Å². The summed E-state index contributed by atoms with van der Waals surface area (Å²) in [7, 11) is 1.73. The minimum atomic E-state index is -0.958. The molecule has 0 fully saturated rings. The van der Waals surface area contributed by atoms with Crippen LogP contribution in [0.2, 0.25) is 0 Å². The normalized spacial score (nSPS) is 12.7. The molecular weight excluding hydrogens is 404 g/mol. The second-order valence-corrected chi connectivity index (χ2v) is 7.30. The van der Waals surface area contributed by atoms with Gasteiger partial charge in [0.25, 0.3) is 5.91 Å². The first-order chi connectivity index (χ1) is 15.0. The van der Waals surface area contributed by atoms with E-state index >= 15 is 0 Å². The van der Waals surface area contributed by atoms with Crippen LogP contribution in [-0.4, -0.2) is 35.9 Å². The van der Waals surface area contributed by atoms with E-state index in [-0.39, 0.29) is 11.6 Å². The zero-order valence-corrected chi connectivity index (χ0v) is 16.5. The van der Waals surface area contributed by atoms with Gasteiger partial charge in [0.05, 0.1) is 5.69 Å². The second-order valence-electron chi connectivity index (χ2n) is 7.30. The molecule has 1 aliphatic carbocycles. The number of benzene rings is 2. The van der Waals surface area contributed by atoms with Gasteiger partial charge in [-0.15, -0.1) is 5.10 Å². The predicted octanol–water partition coefficient (Wildman–Crippen LogP) is 3.08. The van der Waals surface area contributed by atoms with Crippen LogP contribution in [0.25, 0.3) is 17.1 Å². The summed E-state index contributed by atoms with van der Waals surface area (Å²) in [4.78, 5) is 13.0. The van der Waals surface area contributed by atoms with Crippen LogP contribution in [0.4, 0.5) is 14.5 Å². The number of nitrogens with zero attached hydrogens (tertiary/aromatic N) is 6. The van der Waals surface area contributed by atoms with Crippen molar-refractivity contribution in [3.8, 4) is 17.1 Å². The fourth-order valence-electron chi connectivity index (χ4n) is 3.85. The lowest BCUT2D eigenvalue weighted by Crippen LogP contribution is -2.15. The van der Waals surface area contributed by atoms with Gasteiger partial charge in [0.1, 0.15) is 0 Å². The van der Waals surface area contributed by atoms with Gasteiger partial charge in [-0.2, -0.15) is 5.10 Å². The molecule has 0 spiro atoms. The van der Waals surface area contributed by atoms with Crippen LogP contribution in [0, 0.1) is 11.6 Å². The molecular formula is C21H17F2N7O. The van der Waals surface area contributed by atoms with Crippen molar-refractivity contribution in [2.75, 3.05) is 5.32 Å². The minimum Gasteiger partial charge on any atom is -0.321 e. The number of rotatable bonds is 4. The van der Waals surface area contributed by atoms with Crippen molar-refractivity contribution in [2.45, 2.75) is 19.3 Å². The molecule has 1 N–H and O–H groups in total. The standard InChI is InChI=1S/C21H17F2N7O/c1-29-20(25-27-28-29)12-4-2-5-13(10-12)24-21(31)19-15-6-3-7-18(15)30(26-19)14-8-9-16(22)17(23)11-14/h2,4-5,8-11H,3,6-7H2,1H3,(H,24,31). The Labute approximate surface area is 175 Å². The fourth-order valence-corrected chi connectivity index (χ4v) is 3.85. The number of hydrogen-bond donors (Lipinski definition) is 1. The topological polar surface area (TPSA) is 90.5 Å². The maximum Gasteiger partial charge on any atom is 0.276 e. The largest absolute Gasteiger partial charge is 0.321 e. The predicted molar refractivity (Wildman–Crippen MR) is 108 cm³/mol. The van der Waals surface area contributed by atoms with Gasteiger partial charge in [-0.3, -0.25) is 4.79 Å². The highest BCUT2D eigenvalue weighted by Gasteiger charge is 2.27. The van der Waals surface area contributed by atoms with Crippen LogP contribution in [0.3, 0.4) is 0 Å². The highest BCUT2D eigenvalue weighted by Crippen LogP contribution is 2.29. The van der Waals surface area contributed by atoms with Crippen molar-refractivity contribution in [3.63, 3.8) is 0 Å². The second kappa shape index (κ2) is 7.38. The maximum atomic E-state index is 13.7. The Hall–Kier alpha value is -3.95. The smallest absolute Gasteiger partial charge is 0.276 e. The number of nitrogens with one attached hydrogen (secondary N) is 1. The molecule has 31 heavy (non-hydrogen) atoms. The zero-order chi connectivity index (χ0) is 21.5. The van der Waals surface area contributed by atoms with Gasteiger partial charge in [0.15, 0.2) is 23.2 Å². The van der Waals surface area contributed by atoms with E-state index in [1.807, 2.05) is 6.07 Å². The number of aromatic nitrogens is 6. The van der Waals surface area contributed by atoms with Crippen LogP contribution < -0.4 is 5.32 Å². The van der Waals surface area contributed by atoms with Gasteiger partial charge in [0.2, 0.25) is 0 Å². The summed E-state index contributed by atoms with van der Waals surface area (Å²) in [5, 5.41) is 18.7. The summed E-state index contributed by atoms with van der Waals surface area (Å²) in [6, 6.07) is 10.8. The highest BCUT2D eigenvalue weighted by molar-refractivity contribution is 6.04. The number of fused-ring (bicyclic) bond motifs is 1. The summed E-state index contributed by atoms with van der Waals surface area (Å²) in [5.74, 6) is -1.68.